The fourth-order valence-electron chi connectivity index (χ4n) is 2.20. The highest BCUT2D eigenvalue weighted by Gasteiger charge is 2.20. The van der Waals surface area contributed by atoms with Crippen LogP contribution < -0.4 is 0 Å². The van der Waals surface area contributed by atoms with Gasteiger partial charge in [0.25, 0.3) is 0 Å². The zero-order valence-electron chi connectivity index (χ0n) is 13.7. The maximum absolute atomic E-state index is 13.0. The van der Waals surface area contributed by atoms with E-state index in [-0.39, 0.29) is 11.8 Å². The molecule has 0 bridgehead atoms. The van der Waals surface area contributed by atoms with Gasteiger partial charge >= 0.3 is 5.97 Å². The molecule has 1 atom stereocenters. The summed E-state index contributed by atoms with van der Waals surface area (Å²) in [4.78, 5) is 20.2. The van der Waals surface area contributed by atoms with Crippen LogP contribution in [0.25, 0.3) is 11.2 Å². The summed E-state index contributed by atoms with van der Waals surface area (Å²) >= 11 is 1.25. The highest BCUT2D eigenvalue weighted by Crippen LogP contribution is 2.27. The van der Waals surface area contributed by atoms with E-state index in [0.29, 0.717) is 29.3 Å². The molecule has 2 heterocycles. The lowest BCUT2D eigenvalue weighted by Gasteiger charge is -2.09. The number of halogens is 1. The lowest BCUT2D eigenvalue weighted by atomic mass is 10.2. The quantitative estimate of drug-likeness (QED) is 0.379. The van der Waals surface area contributed by atoms with Gasteiger partial charge in [-0.2, -0.15) is 0 Å². The minimum atomic E-state index is -0.416. The molecule has 0 radical (unpaired) electrons. The topological polar surface area (TPSA) is 82.8 Å². The van der Waals surface area contributed by atoms with Crippen molar-refractivity contribution in [2.75, 3.05) is 6.61 Å². The first-order valence-corrected chi connectivity index (χ1v) is 8.58. The van der Waals surface area contributed by atoms with Gasteiger partial charge in [-0.25, -0.2) is 19.0 Å². The molecule has 25 heavy (non-hydrogen) atoms. The van der Waals surface area contributed by atoms with Crippen LogP contribution in [0.4, 0.5) is 4.39 Å². The molecule has 0 saturated carbocycles. The van der Waals surface area contributed by atoms with Crippen LogP contribution in [0.15, 0.2) is 35.6 Å². The fraction of sp³-hybridized carbons (Fsp3) is 0.312. The van der Waals surface area contributed by atoms with Gasteiger partial charge in [-0.3, -0.25) is 4.79 Å². The van der Waals surface area contributed by atoms with Gasteiger partial charge in [0.15, 0.2) is 11.2 Å². The molecule has 0 saturated heterocycles. The average Bonchev–Trinajstić information content (AvgIpc) is 3.01. The molecule has 0 amide bonds. The summed E-state index contributed by atoms with van der Waals surface area (Å²) in [7, 11) is 0. The number of esters is 1. The van der Waals surface area contributed by atoms with Gasteiger partial charge in [0.05, 0.1) is 13.2 Å². The van der Waals surface area contributed by atoms with Crippen molar-refractivity contribution in [3.05, 3.63) is 42.0 Å². The smallest absolute Gasteiger partial charge is 0.319 e. The number of aromatic nitrogens is 5. The lowest BCUT2D eigenvalue weighted by molar-refractivity contribution is -0.142. The number of rotatable bonds is 6. The van der Waals surface area contributed by atoms with Gasteiger partial charge in [-0.1, -0.05) is 29.1 Å². The summed E-state index contributed by atoms with van der Waals surface area (Å²) in [5, 5.41) is 8.38. The van der Waals surface area contributed by atoms with Crippen LogP contribution in [0, 0.1) is 5.82 Å². The van der Waals surface area contributed by atoms with E-state index in [1.165, 1.54) is 30.2 Å². The standard InChI is InChI=1S/C16H16FN5O2S/c1-3-24-16(23)10(2)25-15-13-14(18-9-19-15)22(21-20-13)8-11-4-6-12(17)7-5-11/h4-7,9-10H,3,8H2,1-2H3/t10-/m1/s1. The van der Waals surface area contributed by atoms with E-state index >= 15 is 0 Å². The molecular weight excluding hydrogens is 345 g/mol. The Labute approximate surface area is 147 Å². The Kier molecular flexibility index (Phi) is 5.22. The highest BCUT2D eigenvalue weighted by molar-refractivity contribution is 8.00. The van der Waals surface area contributed by atoms with Crippen molar-refractivity contribution in [1.29, 1.82) is 0 Å². The molecule has 0 spiro atoms. The fourth-order valence-corrected chi connectivity index (χ4v) is 3.05. The molecule has 130 valence electrons. The average molecular weight is 361 g/mol. The maximum atomic E-state index is 13.0. The minimum absolute atomic E-state index is 0.291. The third-order valence-electron chi connectivity index (χ3n) is 3.42. The van der Waals surface area contributed by atoms with E-state index in [4.69, 9.17) is 4.74 Å². The number of carbonyl (C=O) groups excluding carboxylic acids is 1. The number of fused-ring (bicyclic) bond motifs is 1. The first kappa shape index (κ1) is 17.3. The van der Waals surface area contributed by atoms with Crippen LogP contribution in [-0.2, 0) is 16.1 Å². The van der Waals surface area contributed by atoms with Crippen LogP contribution in [-0.4, -0.2) is 42.8 Å². The number of ether oxygens (including phenoxy) is 1. The van der Waals surface area contributed by atoms with Crippen molar-refractivity contribution in [3.8, 4) is 0 Å². The molecule has 0 aliphatic heterocycles. The number of hydrogen-bond donors (Lipinski definition) is 0. The Bertz CT molecular complexity index is 884. The van der Waals surface area contributed by atoms with Crippen molar-refractivity contribution in [1.82, 2.24) is 25.0 Å². The van der Waals surface area contributed by atoms with E-state index in [2.05, 4.69) is 20.3 Å². The highest BCUT2D eigenvalue weighted by atomic mass is 32.2. The second kappa shape index (κ2) is 7.56. The van der Waals surface area contributed by atoms with Crippen LogP contribution in [0.1, 0.15) is 19.4 Å². The molecule has 0 unspecified atom stereocenters. The zero-order valence-corrected chi connectivity index (χ0v) is 14.5. The number of benzene rings is 1. The Morgan fingerprint density at radius 1 is 1.32 bits per heavy atom. The van der Waals surface area contributed by atoms with Crippen molar-refractivity contribution in [3.63, 3.8) is 0 Å². The zero-order chi connectivity index (χ0) is 17.8. The van der Waals surface area contributed by atoms with E-state index in [9.17, 15) is 9.18 Å². The number of carbonyl (C=O) groups is 1. The summed E-state index contributed by atoms with van der Waals surface area (Å²) < 4.78 is 19.6. The van der Waals surface area contributed by atoms with Crippen LogP contribution >= 0.6 is 11.8 Å². The Balaban J connectivity index is 1.84. The van der Waals surface area contributed by atoms with E-state index in [1.54, 1.807) is 30.7 Å². The summed E-state index contributed by atoms with van der Waals surface area (Å²) in [5.74, 6) is -0.598. The molecule has 2 aromatic heterocycles. The summed E-state index contributed by atoms with van der Waals surface area (Å²) in [6.45, 7) is 4.25. The van der Waals surface area contributed by atoms with Gasteiger partial charge in [-0.05, 0) is 31.5 Å². The molecule has 1 aromatic carbocycles. The molecule has 0 aliphatic rings. The molecule has 7 nitrogen and oxygen atoms in total. The number of nitrogens with zero attached hydrogens (tertiary/aromatic N) is 5. The van der Waals surface area contributed by atoms with E-state index < -0.39 is 5.25 Å². The van der Waals surface area contributed by atoms with Crippen molar-refractivity contribution >= 4 is 28.9 Å². The van der Waals surface area contributed by atoms with Gasteiger partial charge in [0.1, 0.15) is 22.4 Å². The van der Waals surface area contributed by atoms with Crippen LogP contribution in [0.2, 0.25) is 0 Å². The number of thioether (sulfide) groups is 1. The molecule has 0 fully saturated rings. The SMILES string of the molecule is CCOC(=O)[C@@H](C)Sc1ncnc2c1nnn2Cc1ccc(F)cc1. The third kappa shape index (κ3) is 3.93. The summed E-state index contributed by atoms with van der Waals surface area (Å²) in [6, 6.07) is 6.16. The Morgan fingerprint density at radius 3 is 2.80 bits per heavy atom. The molecule has 9 heteroatoms. The second-order valence-electron chi connectivity index (χ2n) is 5.24. The number of hydrogen-bond acceptors (Lipinski definition) is 7. The van der Waals surface area contributed by atoms with Crippen molar-refractivity contribution in [2.45, 2.75) is 30.7 Å². The van der Waals surface area contributed by atoms with Crippen LogP contribution in [0.5, 0.6) is 0 Å². The van der Waals surface area contributed by atoms with Gasteiger partial charge < -0.3 is 4.74 Å². The summed E-state index contributed by atoms with van der Waals surface area (Å²) in [5.41, 5.74) is 1.95. The van der Waals surface area contributed by atoms with E-state index in [0.717, 1.165) is 5.56 Å². The Morgan fingerprint density at radius 2 is 2.08 bits per heavy atom. The predicted octanol–water partition coefficient (Wildman–Crippen LogP) is 2.45. The lowest BCUT2D eigenvalue weighted by Crippen LogP contribution is -2.16. The minimum Gasteiger partial charge on any atom is -0.465 e. The van der Waals surface area contributed by atoms with Crippen molar-refractivity contribution in [2.24, 2.45) is 0 Å². The largest absolute Gasteiger partial charge is 0.465 e. The predicted molar refractivity (Wildman–Crippen MR) is 90.6 cm³/mol. The monoisotopic (exact) mass is 361 g/mol. The van der Waals surface area contributed by atoms with Crippen LogP contribution in [0.3, 0.4) is 0 Å². The van der Waals surface area contributed by atoms with Crippen molar-refractivity contribution < 1.29 is 13.9 Å². The molecule has 3 aromatic rings. The van der Waals surface area contributed by atoms with Gasteiger partial charge in [-0.15, -0.1) is 5.10 Å². The normalized spacial score (nSPS) is 12.3. The third-order valence-corrected chi connectivity index (χ3v) is 4.49. The first-order valence-electron chi connectivity index (χ1n) is 7.70. The molecule has 0 aliphatic carbocycles. The van der Waals surface area contributed by atoms with Gasteiger partial charge in [0.2, 0.25) is 0 Å². The van der Waals surface area contributed by atoms with E-state index in [1.807, 2.05) is 0 Å². The molecule has 0 N–H and O–H groups in total. The second-order valence-corrected chi connectivity index (χ2v) is 6.57. The Hall–Kier alpha value is -2.55. The summed E-state index contributed by atoms with van der Waals surface area (Å²) in [6.07, 6.45) is 1.41. The molecular formula is C16H16FN5O2S. The molecule has 3 rings (SSSR count). The maximum Gasteiger partial charge on any atom is 0.319 e. The van der Waals surface area contributed by atoms with Gasteiger partial charge in [0, 0.05) is 0 Å². The first-order chi connectivity index (χ1) is 12.1.